The fourth-order valence-electron chi connectivity index (χ4n) is 3.21. The minimum atomic E-state index is -3.64. The quantitative estimate of drug-likeness (QED) is 0.637. The van der Waals surface area contributed by atoms with E-state index in [-0.39, 0.29) is 9.90 Å². The molecular weight excluding hydrogens is 432 g/mol. The average molecular weight is 449 g/mol. The number of hydrogen-bond acceptors (Lipinski definition) is 6. The molecular formula is C19H17ClN4O3S2. The molecule has 1 aromatic heterocycles. The number of nitrogens with zero attached hydrogens (tertiary/aromatic N) is 3. The largest absolute Gasteiger partial charge is 0.320 e. The van der Waals surface area contributed by atoms with Crippen molar-refractivity contribution in [2.24, 2.45) is 0 Å². The summed E-state index contributed by atoms with van der Waals surface area (Å²) in [4.78, 5) is 12.7. The van der Waals surface area contributed by atoms with Gasteiger partial charge in [-0.05, 0) is 43.2 Å². The summed E-state index contributed by atoms with van der Waals surface area (Å²) in [5.41, 5.74) is 0.549. The van der Waals surface area contributed by atoms with Crippen molar-refractivity contribution >= 4 is 44.6 Å². The first kappa shape index (κ1) is 20.0. The highest BCUT2D eigenvalue weighted by Gasteiger charge is 2.38. The van der Waals surface area contributed by atoms with Gasteiger partial charge in [-0.15, -0.1) is 10.2 Å². The summed E-state index contributed by atoms with van der Waals surface area (Å²) in [5, 5.41) is 12.0. The minimum absolute atomic E-state index is 0.170. The van der Waals surface area contributed by atoms with Gasteiger partial charge in [0.05, 0.1) is 10.9 Å². The molecule has 2 heterocycles. The molecule has 10 heteroatoms. The van der Waals surface area contributed by atoms with Crippen LogP contribution in [0.2, 0.25) is 5.02 Å². The summed E-state index contributed by atoms with van der Waals surface area (Å²) in [6, 6.07) is 14.7. The highest BCUT2D eigenvalue weighted by atomic mass is 35.5. The third kappa shape index (κ3) is 4.18. The number of sulfonamides is 1. The molecule has 0 radical (unpaired) electrons. The summed E-state index contributed by atoms with van der Waals surface area (Å²) in [6.45, 7) is 0.408. The zero-order chi connectivity index (χ0) is 20.4. The molecule has 0 spiro atoms. The van der Waals surface area contributed by atoms with E-state index in [9.17, 15) is 13.2 Å². The van der Waals surface area contributed by atoms with Crippen LogP contribution in [0, 0.1) is 0 Å². The lowest BCUT2D eigenvalue weighted by molar-refractivity contribution is 0.102. The Kier molecular flexibility index (Phi) is 5.64. The van der Waals surface area contributed by atoms with Gasteiger partial charge in [-0.1, -0.05) is 47.2 Å². The third-order valence-corrected chi connectivity index (χ3v) is 7.74. The van der Waals surface area contributed by atoms with Crippen molar-refractivity contribution in [2.45, 2.75) is 23.8 Å². The summed E-state index contributed by atoms with van der Waals surface area (Å²) < 4.78 is 27.5. The normalized spacial score (nSPS) is 17.3. The number of benzene rings is 2. The van der Waals surface area contributed by atoms with Crippen LogP contribution in [0.3, 0.4) is 0 Å². The van der Waals surface area contributed by atoms with Gasteiger partial charge >= 0.3 is 0 Å². The fraction of sp³-hybridized carbons (Fsp3) is 0.211. The van der Waals surface area contributed by atoms with Gasteiger partial charge in [0.15, 0.2) is 0 Å². The van der Waals surface area contributed by atoms with Crippen molar-refractivity contribution in [3.05, 3.63) is 69.6 Å². The molecule has 2 aromatic carbocycles. The van der Waals surface area contributed by atoms with E-state index in [1.165, 1.54) is 4.31 Å². The average Bonchev–Trinajstić information content (AvgIpc) is 3.38. The van der Waals surface area contributed by atoms with Crippen molar-refractivity contribution in [3.63, 3.8) is 0 Å². The first-order valence-electron chi connectivity index (χ1n) is 8.92. The van der Waals surface area contributed by atoms with Gasteiger partial charge in [0.1, 0.15) is 5.01 Å². The van der Waals surface area contributed by atoms with Crippen LogP contribution in [0.4, 0.5) is 5.69 Å². The number of hydrogen-bond donors (Lipinski definition) is 1. The SMILES string of the molecule is O=C(Nc1cccc(Cl)c1)c1nnc([C@H]2CCCN2S(=O)(=O)c2ccccc2)s1. The van der Waals surface area contributed by atoms with Crippen LogP contribution in [0.5, 0.6) is 0 Å². The van der Waals surface area contributed by atoms with E-state index in [0.29, 0.717) is 28.7 Å². The van der Waals surface area contributed by atoms with Gasteiger partial charge in [0, 0.05) is 17.3 Å². The molecule has 7 nitrogen and oxygen atoms in total. The van der Waals surface area contributed by atoms with E-state index in [1.54, 1.807) is 54.6 Å². The van der Waals surface area contributed by atoms with E-state index in [0.717, 1.165) is 17.8 Å². The van der Waals surface area contributed by atoms with Gasteiger partial charge in [0.25, 0.3) is 5.91 Å². The summed E-state index contributed by atoms with van der Waals surface area (Å²) in [5.74, 6) is -0.411. The van der Waals surface area contributed by atoms with Crippen LogP contribution in [0.15, 0.2) is 59.5 Å². The van der Waals surface area contributed by atoms with Crippen LogP contribution < -0.4 is 5.32 Å². The zero-order valence-corrected chi connectivity index (χ0v) is 17.5. The molecule has 3 aromatic rings. The topological polar surface area (TPSA) is 92.3 Å². The number of nitrogens with one attached hydrogen (secondary N) is 1. The summed E-state index contributed by atoms with van der Waals surface area (Å²) in [6.07, 6.45) is 1.36. The molecule has 1 aliphatic rings. The van der Waals surface area contributed by atoms with Gasteiger partial charge < -0.3 is 5.32 Å². The molecule has 1 amide bonds. The zero-order valence-electron chi connectivity index (χ0n) is 15.2. The maximum Gasteiger partial charge on any atom is 0.286 e. The molecule has 1 fully saturated rings. The smallest absolute Gasteiger partial charge is 0.286 e. The van der Waals surface area contributed by atoms with Gasteiger partial charge in [-0.3, -0.25) is 4.79 Å². The Bertz CT molecular complexity index is 1140. The molecule has 1 aliphatic heterocycles. The molecule has 29 heavy (non-hydrogen) atoms. The second-order valence-corrected chi connectivity index (χ2v) is 9.83. The van der Waals surface area contributed by atoms with Crippen LogP contribution in [0.25, 0.3) is 0 Å². The van der Waals surface area contributed by atoms with Gasteiger partial charge in [-0.2, -0.15) is 4.31 Å². The molecule has 1 saturated heterocycles. The van der Waals surface area contributed by atoms with E-state index >= 15 is 0 Å². The Morgan fingerprint density at radius 3 is 2.69 bits per heavy atom. The third-order valence-electron chi connectivity index (χ3n) is 4.56. The number of carbonyl (C=O) groups excluding carboxylic acids is 1. The maximum absolute atomic E-state index is 13.0. The molecule has 150 valence electrons. The molecule has 0 unspecified atom stereocenters. The number of rotatable bonds is 5. The standard InChI is InChI=1S/C19H17ClN4O3S2/c20-13-6-4-7-14(12-13)21-17(25)19-23-22-18(28-19)16-10-5-11-24(16)29(26,27)15-8-2-1-3-9-15/h1-4,6-9,12,16H,5,10-11H2,(H,21,25)/t16-/m1/s1. The van der Waals surface area contributed by atoms with Gasteiger partial charge in [-0.25, -0.2) is 8.42 Å². The Balaban J connectivity index is 1.55. The van der Waals surface area contributed by atoms with Crippen molar-refractivity contribution in [3.8, 4) is 0 Å². The molecule has 1 N–H and O–H groups in total. The van der Waals surface area contributed by atoms with Crippen LogP contribution in [-0.4, -0.2) is 35.4 Å². The molecule has 4 rings (SSSR count). The Hall–Kier alpha value is -2.33. The van der Waals surface area contributed by atoms with Crippen molar-refractivity contribution < 1.29 is 13.2 Å². The van der Waals surface area contributed by atoms with Crippen molar-refractivity contribution in [1.82, 2.24) is 14.5 Å². The fourth-order valence-corrected chi connectivity index (χ4v) is 6.04. The Labute approximate surface area is 177 Å². The van der Waals surface area contributed by atoms with Crippen LogP contribution in [0.1, 0.15) is 33.7 Å². The second kappa shape index (κ2) is 8.19. The highest BCUT2D eigenvalue weighted by molar-refractivity contribution is 7.89. The van der Waals surface area contributed by atoms with E-state index < -0.39 is 22.0 Å². The number of carbonyl (C=O) groups is 1. The maximum atomic E-state index is 13.0. The predicted molar refractivity (Wildman–Crippen MR) is 112 cm³/mol. The molecule has 0 saturated carbocycles. The first-order valence-corrected chi connectivity index (χ1v) is 11.6. The minimum Gasteiger partial charge on any atom is -0.320 e. The van der Waals surface area contributed by atoms with E-state index in [1.807, 2.05) is 0 Å². The summed E-state index contributed by atoms with van der Waals surface area (Å²) >= 11 is 7.04. The predicted octanol–water partition coefficient (Wildman–Crippen LogP) is 3.97. The van der Waals surface area contributed by atoms with E-state index in [4.69, 9.17) is 11.6 Å². The monoisotopic (exact) mass is 448 g/mol. The first-order chi connectivity index (χ1) is 13.9. The summed E-state index contributed by atoms with van der Waals surface area (Å²) in [7, 11) is -3.64. The van der Waals surface area contributed by atoms with E-state index in [2.05, 4.69) is 15.5 Å². The number of halogens is 1. The van der Waals surface area contributed by atoms with Gasteiger partial charge in [0.2, 0.25) is 15.0 Å². The molecule has 0 aliphatic carbocycles. The van der Waals surface area contributed by atoms with Crippen molar-refractivity contribution in [1.29, 1.82) is 0 Å². The van der Waals surface area contributed by atoms with Crippen LogP contribution in [-0.2, 0) is 10.0 Å². The lowest BCUT2D eigenvalue weighted by Crippen LogP contribution is -2.30. The molecule has 0 bridgehead atoms. The number of anilines is 1. The Morgan fingerprint density at radius 2 is 1.93 bits per heavy atom. The Morgan fingerprint density at radius 1 is 1.14 bits per heavy atom. The van der Waals surface area contributed by atoms with Crippen LogP contribution >= 0.6 is 22.9 Å². The lowest BCUT2D eigenvalue weighted by Gasteiger charge is -2.22. The molecule has 1 atom stereocenters. The number of amides is 1. The second-order valence-electron chi connectivity index (χ2n) is 6.50. The number of aromatic nitrogens is 2. The highest BCUT2D eigenvalue weighted by Crippen LogP contribution is 2.37. The van der Waals surface area contributed by atoms with Crippen molar-refractivity contribution in [2.75, 3.05) is 11.9 Å². The lowest BCUT2D eigenvalue weighted by atomic mass is 10.2.